The molecule has 1 saturated heterocycles. The largest absolute Gasteiger partial charge is 0.416 e. The van der Waals surface area contributed by atoms with Gasteiger partial charge in [0.25, 0.3) is 5.91 Å². The average molecular weight is 447 g/mol. The lowest BCUT2D eigenvalue weighted by Crippen LogP contribution is -2.44. The van der Waals surface area contributed by atoms with Gasteiger partial charge in [-0.15, -0.1) is 0 Å². The van der Waals surface area contributed by atoms with Crippen molar-refractivity contribution in [1.29, 1.82) is 0 Å². The Labute approximate surface area is 184 Å². The van der Waals surface area contributed by atoms with Crippen LogP contribution < -0.4 is 5.32 Å². The van der Waals surface area contributed by atoms with Crippen LogP contribution in [-0.2, 0) is 15.8 Å². The minimum atomic E-state index is -4.47. The van der Waals surface area contributed by atoms with E-state index in [-0.39, 0.29) is 30.6 Å². The normalized spacial score (nSPS) is 18.9. The quantitative estimate of drug-likeness (QED) is 0.772. The van der Waals surface area contributed by atoms with Crippen molar-refractivity contribution in [3.05, 3.63) is 65.2 Å². The highest BCUT2D eigenvalue weighted by Gasteiger charge is 2.39. The van der Waals surface area contributed by atoms with Crippen LogP contribution in [0.15, 0.2) is 48.5 Å². The number of alkyl halides is 3. The Bertz CT molecular complexity index is 1020. The fourth-order valence-corrected chi connectivity index (χ4v) is 3.86. The van der Waals surface area contributed by atoms with Crippen molar-refractivity contribution in [3.8, 4) is 0 Å². The first-order chi connectivity index (χ1) is 15.0. The summed E-state index contributed by atoms with van der Waals surface area (Å²) in [6, 6.07) is 10.3. The van der Waals surface area contributed by atoms with Crippen LogP contribution in [0.25, 0.3) is 0 Å². The average Bonchev–Trinajstić information content (AvgIpc) is 2.74. The Hall–Kier alpha value is -3.36. The number of anilines is 1. The fraction of sp³-hybridized carbons (Fsp3) is 0.348. The third-order valence-electron chi connectivity index (χ3n) is 5.56. The van der Waals surface area contributed by atoms with Crippen LogP contribution in [0.1, 0.15) is 40.4 Å². The van der Waals surface area contributed by atoms with Crippen LogP contribution >= 0.6 is 0 Å². The number of halogens is 3. The molecule has 0 saturated carbocycles. The van der Waals surface area contributed by atoms with Gasteiger partial charge in [0, 0.05) is 38.8 Å². The smallest absolute Gasteiger partial charge is 0.345 e. The second-order valence-electron chi connectivity index (χ2n) is 7.98. The van der Waals surface area contributed by atoms with Crippen LogP contribution in [0.5, 0.6) is 0 Å². The number of rotatable bonds is 4. The summed E-state index contributed by atoms with van der Waals surface area (Å²) >= 11 is 0. The predicted molar refractivity (Wildman–Crippen MR) is 113 cm³/mol. The van der Waals surface area contributed by atoms with Gasteiger partial charge in [-0.05, 0) is 42.3 Å². The summed E-state index contributed by atoms with van der Waals surface area (Å²) in [7, 11) is 4.79. The first kappa shape index (κ1) is 23.3. The second kappa shape index (κ2) is 9.02. The number of hydrogen-bond donors (Lipinski definition) is 1. The van der Waals surface area contributed by atoms with Gasteiger partial charge in [-0.25, -0.2) is 0 Å². The van der Waals surface area contributed by atoms with Crippen molar-refractivity contribution < 1.29 is 27.6 Å². The Morgan fingerprint density at radius 3 is 2.34 bits per heavy atom. The van der Waals surface area contributed by atoms with Crippen molar-refractivity contribution >= 4 is 23.4 Å². The molecule has 3 amide bonds. The summed E-state index contributed by atoms with van der Waals surface area (Å²) in [6.45, 7) is 0. The van der Waals surface area contributed by atoms with E-state index in [9.17, 15) is 27.6 Å². The van der Waals surface area contributed by atoms with Crippen molar-refractivity contribution in [2.24, 2.45) is 5.92 Å². The molecule has 1 heterocycles. The van der Waals surface area contributed by atoms with Crippen molar-refractivity contribution in [1.82, 2.24) is 9.80 Å². The maximum atomic E-state index is 13.1. The molecule has 0 bridgehead atoms. The highest BCUT2D eigenvalue weighted by Crippen LogP contribution is 2.38. The molecule has 0 aliphatic carbocycles. The lowest BCUT2D eigenvalue weighted by atomic mass is 9.83. The third-order valence-corrected chi connectivity index (χ3v) is 5.56. The van der Waals surface area contributed by atoms with E-state index in [0.29, 0.717) is 16.8 Å². The van der Waals surface area contributed by atoms with E-state index in [4.69, 9.17) is 0 Å². The molecule has 1 aliphatic heterocycles. The molecule has 1 fully saturated rings. The first-order valence-corrected chi connectivity index (χ1v) is 10.0. The van der Waals surface area contributed by atoms with E-state index in [1.165, 1.54) is 21.9 Å². The van der Waals surface area contributed by atoms with Crippen LogP contribution in [-0.4, -0.2) is 48.7 Å². The monoisotopic (exact) mass is 447 g/mol. The Morgan fingerprint density at radius 1 is 1.09 bits per heavy atom. The Morgan fingerprint density at radius 2 is 1.75 bits per heavy atom. The summed E-state index contributed by atoms with van der Waals surface area (Å²) < 4.78 is 38.8. The highest BCUT2D eigenvalue weighted by molar-refractivity contribution is 5.98. The van der Waals surface area contributed by atoms with E-state index in [2.05, 4.69) is 5.32 Å². The molecule has 170 valence electrons. The second-order valence-corrected chi connectivity index (χ2v) is 7.98. The summed E-state index contributed by atoms with van der Waals surface area (Å²) in [5.41, 5.74) is 0.483. The SMILES string of the molecule is CN(C)C(=O)c1cccc(NC(=O)C2CCC(=O)N(C)C2c2ccc(C(F)(F)F)cc2)c1. The molecule has 2 aromatic carbocycles. The van der Waals surface area contributed by atoms with Crippen molar-refractivity contribution in [3.63, 3.8) is 0 Å². The zero-order chi connectivity index (χ0) is 23.6. The minimum Gasteiger partial charge on any atom is -0.345 e. The summed E-state index contributed by atoms with van der Waals surface area (Å²) in [4.78, 5) is 40.4. The third kappa shape index (κ3) is 4.92. The van der Waals surface area contributed by atoms with Crippen molar-refractivity contribution in [2.45, 2.75) is 25.1 Å². The molecule has 6 nitrogen and oxygen atoms in total. The van der Waals surface area contributed by atoms with Gasteiger partial charge >= 0.3 is 6.18 Å². The maximum absolute atomic E-state index is 13.1. The van der Waals surface area contributed by atoms with E-state index in [0.717, 1.165) is 12.1 Å². The highest BCUT2D eigenvalue weighted by atomic mass is 19.4. The molecule has 0 spiro atoms. The molecule has 1 aliphatic rings. The molecule has 1 N–H and O–H groups in total. The number of likely N-dealkylation sites (tertiary alicyclic amines) is 1. The molecule has 3 rings (SSSR count). The number of benzene rings is 2. The van der Waals surface area contributed by atoms with Gasteiger partial charge in [0.15, 0.2) is 0 Å². The van der Waals surface area contributed by atoms with Gasteiger partial charge in [0.2, 0.25) is 11.8 Å². The van der Waals surface area contributed by atoms with Crippen LogP contribution in [0.2, 0.25) is 0 Å². The summed E-state index contributed by atoms with van der Waals surface area (Å²) in [5, 5.41) is 2.79. The first-order valence-electron chi connectivity index (χ1n) is 10.0. The fourth-order valence-electron chi connectivity index (χ4n) is 3.86. The molecule has 0 radical (unpaired) electrons. The van der Waals surface area contributed by atoms with Gasteiger partial charge in [-0.2, -0.15) is 13.2 Å². The molecular formula is C23H24F3N3O3. The van der Waals surface area contributed by atoms with Gasteiger partial charge in [-0.3, -0.25) is 14.4 Å². The summed E-state index contributed by atoms with van der Waals surface area (Å²) in [5.74, 6) is -1.43. The van der Waals surface area contributed by atoms with E-state index < -0.39 is 23.7 Å². The molecule has 9 heteroatoms. The lowest BCUT2D eigenvalue weighted by Gasteiger charge is -2.38. The van der Waals surface area contributed by atoms with E-state index in [1.807, 2.05) is 0 Å². The zero-order valence-electron chi connectivity index (χ0n) is 17.9. The standard InChI is InChI=1S/C23H24F3N3O3/c1-28(2)22(32)15-5-4-6-17(13-15)27-21(31)18-11-12-19(30)29(3)20(18)14-7-9-16(10-8-14)23(24,25)26/h4-10,13,18,20H,11-12H2,1-3H3,(H,27,31). The van der Waals surface area contributed by atoms with Crippen LogP contribution in [0, 0.1) is 5.92 Å². The van der Waals surface area contributed by atoms with Gasteiger partial charge in [0.05, 0.1) is 17.5 Å². The van der Waals surface area contributed by atoms with Crippen LogP contribution in [0.3, 0.4) is 0 Å². The molecule has 0 aromatic heterocycles. The Kier molecular flexibility index (Phi) is 6.57. The minimum absolute atomic E-state index is 0.158. The van der Waals surface area contributed by atoms with E-state index >= 15 is 0 Å². The van der Waals surface area contributed by atoms with Gasteiger partial charge < -0.3 is 15.1 Å². The summed E-state index contributed by atoms with van der Waals surface area (Å²) in [6.07, 6.45) is -4.06. The topological polar surface area (TPSA) is 69.7 Å². The molecule has 2 atom stereocenters. The molecule has 2 aromatic rings. The molecule has 2 unspecified atom stereocenters. The number of carbonyl (C=O) groups excluding carboxylic acids is 3. The van der Waals surface area contributed by atoms with E-state index in [1.54, 1.807) is 45.4 Å². The van der Waals surface area contributed by atoms with Crippen molar-refractivity contribution in [2.75, 3.05) is 26.5 Å². The maximum Gasteiger partial charge on any atom is 0.416 e. The number of carbonyl (C=O) groups is 3. The van der Waals surface area contributed by atoms with Gasteiger partial charge in [0.1, 0.15) is 0 Å². The molecular weight excluding hydrogens is 423 g/mol. The number of hydrogen-bond acceptors (Lipinski definition) is 3. The van der Waals surface area contributed by atoms with Gasteiger partial charge in [-0.1, -0.05) is 18.2 Å². The number of amides is 3. The molecule has 32 heavy (non-hydrogen) atoms. The number of nitrogens with zero attached hydrogens (tertiary/aromatic N) is 2. The van der Waals surface area contributed by atoms with Crippen LogP contribution in [0.4, 0.5) is 18.9 Å². The zero-order valence-corrected chi connectivity index (χ0v) is 17.9. The number of nitrogens with one attached hydrogen (secondary N) is 1. The predicted octanol–water partition coefficient (Wildman–Crippen LogP) is 3.96. The Balaban J connectivity index is 1.86. The lowest BCUT2D eigenvalue weighted by molar-refractivity contribution is -0.140. The number of piperidine rings is 1.